The topological polar surface area (TPSA) is 65.2 Å². The number of nitrogens with zero attached hydrogens (tertiary/aromatic N) is 5. The van der Waals surface area contributed by atoms with E-state index in [0.717, 1.165) is 48.6 Å². The summed E-state index contributed by atoms with van der Waals surface area (Å²) in [7, 11) is 1.92. The summed E-state index contributed by atoms with van der Waals surface area (Å²) in [6.45, 7) is 5.21. The van der Waals surface area contributed by atoms with Crippen LogP contribution >= 0.6 is 23.2 Å². The van der Waals surface area contributed by atoms with Gasteiger partial charge in [0.2, 0.25) is 0 Å². The van der Waals surface area contributed by atoms with E-state index in [0.29, 0.717) is 39.2 Å². The van der Waals surface area contributed by atoms with E-state index in [1.807, 2.05) is 35.6 Å². The molecule has 2 fully saturated rings. The van der Waals surface area contributed by atoms with E-state index in [-0.39, 0.29) is 5.91 Å². The zero-order valence-electron chi connectivity index (χ0n) is 19.4. The first-order valence-corrected chi connectivity index (χ1v) is 12.5. The van der Waals surface area contributed by atoms with Crippen LogP contribution in [-0.4, -0.2) is 57.5 Å². The Morgan fingerprint density at radius 1 is 1.18 bits per heavy atom. The van der Waals surface area contributed by atoms with Gasteiger partial charge in [0.25, 0.3) is 5.91 Å². The number of halogens is 2. The first-order valence-electron chi connectivity index (χ1n) is 11.7. The molecule has 1 aromatic heterocycles. The molecule has 0 atom stereocenters. The summed E-state index contributed by atoms with van der Waals surface area (Å²) < 4.78 is 1.96. The minimum atomic E-state index is -0.0457. The van der Waals surface area contributed by atoms with Crippen LogP contribution in [0.5, 0.6) is 0 Å². The first kappa shape index (κ1) is 23.2. The lowest BCUT2D eigenvalue weighted by Crippen LogP contribution is -2.53. The van der Waals surface area contributed by atoms with E-state index in [1.54, 1.807) is 12.1 Å². The lowest BCUT2D eigenvalue weighted by atomic mass is 9.91. The minimum Gasteiger partial charge on any atom is -0.336 e. The molecule has 1 saturated heterocycles. The van der Waals surface area contributed by atoms with Crippen LogP contribution in [0.25, 0.3) is 11.0 Å². The highest BCUT2D eigenvalue weighted by molar-refractivity contribution is 6.38. The largest absolute Gasteiger partial charge is 0.336 e. The Labute approximate surface area is 209 Å². The second-order valence-electron chi connectivity index (χ2n) is 9.34. The van der Waals surface area contributed by atoms with Crippen LogP contribution in [0.3, 0.4) is 0 Å². The number of fused-ring (bicyclic) bond motifs is 1. The smallest absolute Gasteiger partial charge is 0.255 e. The second-order valence-corrected chi connectivity index (χ2v) is 10.1. The van der Waals surface area contributed by atoms with Gasteiger partial charge in [-0.1, -0.05) is 29.6 Å². The van der Waals surface area contributed by atoms with E-state index in [9.17, 15) is 10.1 Å². The number of rotatable bonds is 4. The van der Waals surface area contributed by atoms with Crippen molar-refractivity contribution in [2.24, 2.45) is 7.05 Å². The number of aryl methyl sites for hydroxylation is 2. The second kappa shape index (κ2) is 9.22. The number of aromatic nitrogens is 2. The number of benzene rings is 2. The fraction of sp³-hybridized carbons (Fsp3) is 0.423. The van der Waals surface area contributed by atoms with Crippen molar-refractivity contribution in [1.82, 2.24) is 19.4 Å². The van der Waals surface area contributed by atoms with Crippen molar-refractivity contribution < 1.29 is 4.79 Å². The van der Waals surface area contributed by atoms with E-state index in [2.05, 4.69) is 11.0 Å². The fourth-order valence-electron chi connectivity index (χ4n) is 5.02. The van der Waals surface area contributed by atoms with Gasteiger partial charge in [0, 0.05) is 50.7 Å². The Bertz CT molecular complexity index is 1310. The molecule has 8 heteroatoms. The predicted octanol–water partition coefficient (Wildman–Crippen LogP) is 4.96. The quantitative estimate of drug-likeness (QED) is 0.512. The summed E-state index contributed by atoms with van der Waals surface area (Å²) in [5, 5.41) is 10.2. The van der Waals surface area contributed by atoms with E-state index in [1.165, 1.54) is 19.3 Å². The third-order valence-electron chi connectivity index (χ3n) is 7.34. The number of carbonyl (C=O) groups excluding carboxylic acids is 1. The van der Waals surface area contributed by atoms with Gasteiger partial charge in [0.15, 0.2) is 0 Å². The molecule has 0 bridgehead atoms. The fourth-order valence-corrected chi connectivity index (χ4v) is 5.61. The van der Waals surface area contributed by atoms with Crippen LogP contribution in [0, 0.1) is 18.3 Å². The molecule has 6 nitrogen and oxygen atoms in total. The summed E-state index contributed by atoms with van der Waals surface area (Å²) in [6, 6.07) is 10.1. The molecule has 2 heterocycles. The first-order chi connectivity index (χ1) is 16.4. The third-order valence-corrected chi connectivity index (χ3v) is 8.13. The highest BCUT2D eigenvalue weighted by atomic mass is 35.5. The lowest BCUT2D eigenvalue weighted by molar-refractivity contribution is 0.0455. The van der Waals surface area contributed by atoms with Crippen molar-refractivity contribution in [2.45, 2.75) is 38.6 Å². The molecule has 1 saturated carbocycles. The number of piperazine rings is 1. The standard InChI is InChI=1S/C26H27Cl2N5O/c1-16-12-17(15-29)13-22-25(16)30-23(31(22)2)14-20-21(27)7-6-19(24(20)28)26(34)33-10-8-32(9-11-33)18-4-3-5-18/h6-7,12-13,18H,3-5,8-11,14H2,1-2H3. The highest BCUT2D eigenvalue weighted by Gasteiger charge is 2.30. The molecule has 3 aromatic rings. The lowest BCUT2D eigenvalue weighted by Gasteiger charge is -2.43. The number of hydrogen-bond donors (Lipinski definition) is 0. The zero-order valence-corrected chi connectivity index (χ0v) is 21.0. The number of carbonyl (C=O) groups is 1. The maximum atomic E-state index is 13.3. The molecule has 2 aliphatic rings. The summed E-state index contributed by atoms with van der Waals surface area (Å²) in [5.74, 6) is 0.728. The molecule has 1 amide bonds. The van der Waals surface area contributed by atoms with Gasteiger partial charge in [-0.25, -0.2) is 4.98 Å². The van der Waals surface area contributed by atoms with Crippen molar-refractivity contribution in [3.63, 3.8) is 0 Å². The molecular formula is C26H27Cl2N5O. The number of amides is 1. The van der Waals surface area contributed by atoms with Crippen LogP contribution in [0.1, 0.15) is 52.1 Å². The van der Waals surface area contributed by atoms with Crippen LogP contribution in [-0.2, 0) is 13.5 Å². The molecule has 0 spiro atoms. The molecule has 1 aliphatic carbocycles. The van der Waals surface area contributed by atoms with Gasteiger partial charge in [-0.15, -0.1) is 0 Å². The van der Waals surface area contributed by atoms with Crippen LogP contribution < -0.4 is 0 Å². The van der Waals surface area contributed by atoms with E-state index in [4.69, 9.17) is 28.2 Å². The van der Waals surface area contributed by atoms with Crippen molar-refractivity contribution in [2.75, 3.05) is 26.2 Å². The maximum Gasteiger partial charge on any atom is 0.255 e. The van der Waals surface area contributed by atoms with Gasteiger partial charge in [-0.2, -0.15) is 5.26 Å². The molecule has 34 heavy (non-hydrogen) atoms. The summed E-state index contributed by atoms with van der Waals surface area (Å²) in [5.41, 5.74) is 4.45. The summed E-state index contributed by atoms with van der Waals surface area (Å²) in [4.78, 5) is 22.6. The Morgan fingerprint density at radius 2 is 1.91 bits per heavy atom. The predicted molar refractivity (Wildman–Crippen MR) is 135 cm³/mol. The Kier molecular flexibility index (Phi) is 6.28. The molecule has 1 aliphatic heterocycles. The molecular weight excluding hydrogens is 469 g/mol. The average Bonchev–Trinajstić information content (AvgIpc) is 3.11. The minimum absolute atomic E-state index is 0.0457. The Hall–Kier alpha value is -2.59. The highest BCUT2D eigenvalue weighted by Crippen LogP contribution is 2.33. The molecule has 2 aromatic carbocycles. The molecule has 0 radical (unpaired) electrons. The molecule has 0 N–H and O–H groups in total. The number of nitriles is 1. The molecule has 5 rings (SSSR count). The van der Waals surface area contributed by atoms with Crippen LogP contribution in [0.2, 0.25) is 10.0 Å². The van der Waals surface area contributed by atoms with Gasteiger partial charge in [-0.3, -0.25) is 9.69 Å². The monoisotopic (exact) mass is 495 g/mol. The maximum absolute atomic E-state index is 13.3. The van der Waals surface area contributed by atoms with Crippen molar-refractivity contribution in [3.05, 3.63) is 62.4 Å². The normalized spacial score (nSPS) is 17.1. The summed E-state index contributed by atoms with van der Waals surface area (Å²) in [6.07, 6.45) is 4.26. The van der Waals surface area contributed by atoms with E-state index >= 15 is 0 Å². The van der Waals surface area contributed by atoms with Gasteiger partial charge in [0.05, 0.1) is 33.3 Å². The molecule has 0 unspecified atom stereocenters. The van der Waals surface area contributed by atoms with Crippen LogP contribution in [0.4, 0.5) is 0 Å². The Balaban J connectivity index is 1.41. The van der Waals surface area contributed by atoms with Gasteiger partial charge in [-0.05, 0) is 55.2 Å². The van der Waals surface area contributed by atoms with Gasteiger partial charge in [0.1, 0.15) is 5.82 Å². The average molecular weight is 496 g/mol. The van der Waals surface area contributed by atoms with Gasteiger partial charge < -0.3 is 9.47 Å². The zero-order chi connectivity index (χ0) is 24.0. The number of imidazole rings is 1. The third kappa shape index (κ3) is 4.07. The van der Waals surface area contributed by atoms with Gasteiger partial charge >= 0.3 is 0 Å². The molecule has 176 valence electrons. The summed E-state index contributed by atoms with van der Waals surface area (Å²) >= 11 is 13.3. The van der Waals surface area contributed by atoms with Crippen molar-refractivity contribution in [3.8, 4) is 6.07 Å². The Morgan fingerprint density at radius 3 is 2.56 bits per heavy atom. The number of hydrogen-bond acceptors (Lipinski definition) is 4. The van der Waals surface area contributed by atoms with Crippen LogP contribution in [0.15, 0.2) is 24.3 Å². The van der Waals surface area contributed by atoms with Crippen molar-refractivity contribution >= 4 is 40.1 Å². The van der Waals surface area contributed by atoms with E-state index < -0.39 is 0 Å². The van der Waals surface area contributed by atoms with Crippen molar-refractivity contribution in [1.29, 1.82) is 5.26 Å². The SMILES string of the molecule is Cc1cc(C#N)cc2c1nc(Cc1c(Cl)ccc(C(=O)N3CCN(C4CCC4)CC3)c1Cl)n2C.